The SMILES string of the molecule is CCC1CN(C(C(=O)O)c2ccc(C(C)C)cc2)CCN1CC. The van der Waals surface area contributed by atoms with E-state index >= 15 is 0 Å². The summed E-state index contributed by atoms with van der Waals surface area (Å²) >= 11 is 0. The number of hydrogen-bond acceptors (Lipinski definition) is 3. The summed E-state index contributed by atoms with van der Waals surface area (Å²) in [5.74, 6) is -0.285. The Morgan fingerprint density at radius 3 is 2.26 bits per heavy atom. The first-order chi connectivity index (χ1) is 11.0. The van der Waals surface area contributed by atoms with Crippen molar-refractivity contribution in [3.8, 4) is 0 Å². The molecule has 2 rings (SSSR count). The third-order valence-corrected chi connectivity index (χ3v) is 5.03. The molecule has 0 aliphatic carbocycles. The standard InChI is InChI=1S/C19H30N2O2/c1-5-17-13-21(12-11-20(17)6-2)18(19(22)23)16-9-7-15(8-10-16)14(3)4/h7-10,14,17-18H,5-6,11-13H2,1-4H3,(H,22,23). The molecule has 1 aliphatic rings. The molecule has 0 saturated carbocycles. The van der Waals surface area contributed by atoms with E-state index in [0.29, 0.717) is 12.0 Å². The fourth-order valence-electron chi connectivity index (χ4n) is 3.53. The molecule has 2 atom stereocenters. The zero-order valence-electron chi connectivity index (χ0n) is 14.8. The quantitative estimate of drug-likeness (QED) is 0.873. The van der Waals surface area contributed by atoms with Gasteiger partial charge in [0.05, 0.1) is 0 Å². The summed E-state index contributed by atoms with van der Waals surface area (Å²) in [6, 6.07) is 8.02. The summed E-state index contributed by atoms with van der Waals surface area (Å²) in [5.41, 5.74) is 2.14. The summed E-state index contributed by atoms with van der Waals surface area (Å²) in [6.45, 7) is 12.3. The Bertz CT molecular complexity index is 513. The van der Waals surface area contributed by atoms with Crippen LogP contribution < -0.4 is 0 Å². The first-order valence-electron chi connectivity index (χ1n) is 8.78. The largest absolute Gasteiger partial charge is 0.480 e. The number of hydrogen-bond donors (Lipinski definition) is 1. The Kier molecular flexibility index (Phi) is 6.19. The first kappa shape index (κ1) is 18.0. The van der Waals surface area contributed by atoms with Crippen LogP contribution in [-0.4, -0.2) is 53.1 Å². The second kappa shape index (κ2) is 7.93. The highest BCUT2D eigenvalue weighted by molar-refractivity contribution is 5.75. The lowest BCUT2D eigenvalue weighted by molar-refractivity contribution is -0.145. The van der Waals surface area contributed by atoms with Crippen LogP contribution in [0.3, 0.4) is 0 Å². The number of aliphatic carboxylic acids is 1. The van der Waals surface area contributed by atoms with Crippen LogP contribution >= 0.6 is 0 Å². The minimum Gasteiger partial charge on any atom is -0.480 e. The molecule has 0 radical (unpaired) electrons. The van der Waals surface area contributed by atoms with Crippen molar-refractivity contribution in [3.05, 3.63) is 35.4 Å². The van der Waals surface area contributed by atoms with Gasteiger partial charge in [-0.25, -0.2) is 0 Å². The lowest BCUT2D eigenvalue weighted by Crippen LogP contribution is -2.54. The van der Waals surface area contributed by atoms with Gasteiger partial charge in [0.25, 0.3) is 0 Å². The molecule has 4 nitrogen and oxygen atoms in total. The van der Waals surface area contributed by atoms with Gasteiger partial charge in [-0.2, -0.15) is 0 Å². The lowest BCUT2D eigenvalue weighted by Gasteiger charge is -2.43. The normalized spacial score (nSPS) is 21.5. The highest BCUT2D eigenvalue weighted by atomic mass is 16.4. The van der Waals surface area contributed by atoms with Crippen molar-refractivity contribution < 1.29 is 9.90 Å². The van der Waals surface area contributed by atoms with Crippen molar-refractivity contribution in [3.63, 3.8) is 0 Å². The van der Waals surface area contributed by atoms with Gasteiger partial charge in [-0.3, -0.25) is 14.6 Å². The molecule has 1 heterocycles. The van der Waals surface area contributed by atoms with Crippen LogP contribution in [-0.2, 0) is 4.79 Å². The molecule has 0 aromatic heterocycles. The highest BCUT2D eigenvalue weighted by Gasteiger charge is 2.33. The van der Waals surface area contributed by atoms with Crippen molar-refractivity contribution in [2.75, 3.05) is 26.2 Å². The zero-order valence-corrected chi connectivity index (χ0v) is 14.8. The molecule has 1 fully saturated rings. The Hall–Kier alpha value is -1.39. The van der Waals surface area contributed by atoms with E-state index in [2.05, 4.69) is 49.6 Å². The topological polar surface area (TPSA) is 43.8 Å². The van der Waals surface area contributed by atoms with Gasteiger partial charge in [0.1, 0.15) is 6.04 Å². The summed E-state index contributed by atoms with van der Waals surface area (Å²) in [5, 5.41) is 9.78. The smallest absolute Gasteiger partial charge is 0.325 e. The van der Waals surface area contributed by atoms with Crippen LogP contribution in [0, 0.1) is 0 Å². The predicted octanol–water partition coefficient (Wildman–Crippen LogP) is 3.35. The molecule has 2 unspecified atom stereocenters. The molecule has 1 N–H and O–H groups in total. The summed E-state index contributed by atoms with van der Waals surface area (Å²) in [4.78, 5) is 16.5. The van der Waals surface area contributed by atoms with Crippen molar-refractivity contribution in [1.82, 2.24) is 9.80 Å². The number of piperazine rings is 1. The van der Waals surface area contributed by atoms with Crippen molar-refractivity contribution >= 4 is 5.97 Å². The minimum atomic E-state index is -0.748. The van der Waals surface area contributed by atoms with E-state index in [1.807, 2.05) is 12.1 Å². The molecular weight excluding hydrogens is 288 g/mol. The van der Waals surface area contributed by atoms with E-state index in [1.165, 1.54) is 5.56 Å². The van der Waals surface area contributed by atoms with Gasteiger partial charge in [0.2, 0.25) is 0 Å². The summed E-state index contributed by atoms with van der Waals surface area (Å²) in [6.07, 6.45) is 1.06. The van der Waals surface area contributed by atoms with Crippen LogP contribution in [0.15, 0.2) is 24.3 Å². The number of carboxylic acids is 1. The molecular formula is C19H30N2O2. The Morgan fingerprint density at radius 1 is 1.17 bits per heavy atom. The van der Waals surface area contributed by atoms with Gasteiger partial charge in [-0.15, -0.1) is 0 Å². The second-order valence-electron chi connectivity index (χ2n) is 6.75. The average molecular weight is 318 g/mol. The van der Waals surface area contributed by atoms with Crippen LogP contribution in [0.2, 0.25) is 0 Å². The van der Waals surface area contributed by atoms with Crippen molar-refractivity contribution in [2.45, 2.75) is 52.1 Å². The van der Waals surface area contributed by atoms with Gasteiger partial charge in [-0.1, -0.05) is 52.0 Å². The van der Waals surface area contributed by atoms with Gasteiger partial charge < -0.3 is 5.11 Å². The molecule has 0 amide bonds. The zero-order chi connectivity index (χ0) is 17.0. The Balaban J connectivity index is 2.20. The maximum Gasteiger partial charge on any atom is 0.325 e. The molecule has 0 spiro atoms. The van der Waals surface area contributed by atoms with Crippen LogP contribution in [0.25, 0.3) is 0 Å². The summed E-state index contributed by atoms with van der Waals surface area (Å²) in [7, 11) is 0. The molecule has 1 aromatic carbocycles. The third-order valence-electron chi connectivity index (χ3n) is 5.03. The monoisotopic (exact) mass is 318 g/mol. The van der Waals surface area contributed by atoms with E-state index in [-0.39, 0.29) is 0 Å². The van der Waals surface area contributed by atoms with E-state index in [1.54, 1.807) is 0 Å². The number of benzene rings is 1. The number of likely N-dealkylation sites (N-methyl/N-ethyl adjacent to an activating group) is 1. The maximum absolute atomic E-state index is 11.9. The number of carboxylic acid groups (broad SMARTS) is 1. The van der Waals surface area contributed by atoms with E-state index < -0.39 is 12.0 Å². The number of carbonyl (C=O) groups is 1. The van der Waals surface area contributed by atoms with E-state index in [0.717, 1.165) is 38.2 Å². The lowest BCUT2D eigenvalue weighted by atomic mass is 9.97. The number of nitrogens with zero attached hydrogens (tertiary/aromatic N) is 2. The number of rotatable bonds is 6. The average Bonchev–Trinajstić information content (AvgIpc) is 2.55. The van der Waals surface area contributed by atoms with E-state index in [9.17, 15) is 9.90 Å². The van der Waals surface area contributed by atoms with Crippen LogP contribution in [0.1, 0.15) is 57.2 Å². The molecule has 1 aliphatic heterocycles. The first-order valence-corrected chi connectivity index (χ1v) is 8.78. The molecule has 1 saturated heterocycles. The van der Waals surface area contributed by atoms with Crippen LogP contribution in [0.5, 0.6) is 0 Å². The maximum atomic E-state index is 11.9. The fourth-order valence-corrected chi connectivity index (χ4v) is 3.53. The Morgan fingerprint density at radius 2 is 1.78 bits per heavy atom. The van der Waals surface area contributed by atoms with Crippen molar-refractivity contribution in [2.24, 2.45) is 0 Å². The second-order valence-corrected chi connectivity index (χ2v) is 6.75. The van der Waals surface area contributed by atoms with Gasteiger partial charge in [0.15, 0.2) is 0 Å². The fraction of sp³-hybridized carbons (Fsp3) is 0.632. The molecule has 4 heteroatoms. The highest BCUT2D eigenvalue weighted by Crippen LogP contribution is 2.26. The summed E-state index contributed by atoms with van der Waals surface area (Å²) < 4.78 is 0. The van der Waals surface area contributed by atoms with Gasteiger partial charge >= 0.3 is 5.97 Å². The van der Waals surface area contributed by atoms with E-state index in [4.69, 9.17) is 0 Å². The minimum absolute atomic E-state index is 0.450. The molecule has 128 valence electrons. The van der Waals surface area contributed by atoms with Gasteiger partial charge in [-0.05, 0) is 30.0 Å². The molecule has 23 heavy (non-hydrogen) atoms. The van der Waals surface area contributed by atoms with Gasteiger partial charge in [0, 0.05) is 25.7 Å². The van der Waals surface area contributed by atoms with Crippen LogP contribution in [0.4, 0.5) is 0 Å². The molecule has 1 aromatic rings. The molecule has 0 bridgehead atoms. The van der Waals surface area contributed by atoms with Crippen molar-refractivity contribution in [1.29, 1.82) is 0 Å². The third kappa shape index (κ3) is 4.12. The predicted molar refractivity (Wildman–Crippen MR) is 93.8 cm³/mol. The Labute approximate surface area is 140 Å².